The number of nitrogens with one attached hydrogen (secondary N) is 1. The van der Waals surface area contributed by atoms with E-state index in [1.165, 1.54) is 0 Å². The molecule has 2 nitrogen and oxygen atoms in total. The maximum absolute atomic E-state index is 11.2. The highest BCUT2D eigenvalue weighted by atomic mass is 16.1. The molecule has 0 atom stereocenters. The largest absolute Gasteiger partial charge is 0.352 e. The van der Waals surface area contributed by atoms with Crippen LogP contribution in [0.1, 0.15) is 29.8 Å². The molecule has 13 heavy (non-hydrogen) atoms. The predicted molar refractivity (Wildman–Crippen MR) is 53.8 cm³/mol. The molecule has 0 saturated heterocycles. The normalized spacial score (nSPS) is 13.5. The summed E-state index contributed by atoms with van der Waals surface area (Å²) in [6, 6.07) is 7.74. The van der Waals surface area contributed by atoms with E-state index in [0.717, 1.165) is 24.1 Å². The smallest absolute Gasteiger partial charge is 0.251 e. The molecule has 70 valence electrons. The molecule has 0 aliphatic carbocycles. The molecule has 2 heteroatoms. The summed E-state index contributed by atoms with van der Waals surface area (Å²) in [6.07, 6.45) is 0.960. The van der Waals surface area contributed by atoms with Crippen LogP contribution in [0.5, 0.6) is 0 Å². The molecule has 1 amide bonds. The molecule has 0 spiro atoms. The third kappa shape index (κ3) is 2.08. The van der Waals surface area contributed by atoms with Crippen LogP contribution < -0.4 is 5.32 Å². The van der Waals surface area contributed by atoms with E-state index in [4.69, 9.17) is 0 Å². The Morgan fingerprint density at radius 2 is 1.92 bits per heavy atom. The summed E-state index contributed by atoms with van der Waals surface area (Å²) in [5.41, 5.74) is 2.00. The van der Waals surface area contributed by atoms with Crippen molar-refractivity contribution in [2.24, 2.45) is 0 Å². The maximum atomic E-state index is 11.2. The fourth-order valence-corrected chi connectivity index (χ4v) is 1.37. The molecule has 1 heterocycles. The van der Waals surface area contributed by atoms with Crippen LogP contribution in [0.3, 0.4) is 0 Å². The summed E-state index contributed by atoms with van der Waals surface area (Å²) in [5.74, 6) is 0.0619. The number of hydrogen-bond donors (Lipinski definition) is 1. The van der Waals surface area contributed by atoms with Crippen molar-refractivity contribution in [1.29, 1.82) is 0 Å². The standard InChI is InChI=1S/C9H9NO.C2H6/c11-9-8-4-2-1-3-7(8)5-6-10-9;1-2/h1-4H,5-6H2,(H,10,11);1-2H3. The molecular weight excluding hydrogens is 162 g/mol. The second kappa shape index (κ2) is 4.65. The van der Waals surface area contributed by atoms with Crippen LogP contribution in [-0.2, 0) is 6.42 Å². The number of amides is 1. The Morgan fingerprint density at radius 1 is 1.23 bits per heavy atom. The van der Waals surface area contributed by atoms with Crippen LogP contribution in [-0.4, -0.2) is 12.5 Å². The Hall–Kier alpha value is -1.31. The van der Waals surface area contributed by atoms with Crippen LogP contribution in [0, 0.1) is 0 Å². The lowest BCUT2D eigenvalue weighted by Crippen LogP contribution is -2.31. The molecule has 0 fully saturated rings. The number of fused-ring (bicyclic) bond motifs is 1. The van der Waals surface area contributed by atoms with E-state index in [1.807, 2.05) is 38.1 Å². The van der Waals surface area contributed by atoms with E-state index in [0.29, 0.717) is 0 Å². The fourth-order valence-electron chi connectivity index (χ4n) is 1.37. The van der Waals surface area contributed by atoms with Crippen molar-refractivity contribution in [3.8, 4) is 0 Å². The minimum absolute atomic E-state index is 0.0619. The Labute approximate surface area is 79.0 Å². The number of benzene rings is 1. The lowest BCUT2D eigenvalue weighted by molar-refractivity contribution is 0.0946. The highest BCUT2D eigenvalue weighted by Crippen LogP contribution is 2.11. The first kappa shape index (κ1) is 9.78. The average molecular weight is 177 g/mol. The van der Waals surface area contributed by atoms with Gasteiger partial charge >= 0.3 is 0 Å². The first-order valence-electron chi connectivity index (χ1n) is 4.74. The van der Waals surface area contributed by atoms with Gasteiger partial charge in [-0.25, -0.2) is 0 Å². The van der Waals surface area contributed by atoms with Crippen LogP contribution in [0.25, 0.3) is 0 Å². The molecule has 1 N–H and O–H groups in total. The minimum Gasteiger partial charge on any atom is -0.352 e. The van der Waals surface area contributed by atoms with Crippen LogP contribution >= 0.6 is 0 Å². The van der Waals surface area contributed by atoms with Gasteiger partial charge in [-0.05, 0) is 18.1 Å². The maximum Gasteiger partial charge on any atom is 0.251 e. The van der Waals surface area contributed by atoms with Gasteiger partial charge in [0, 0.05) is 12.1 Å². The van der Waals surface area contributed by atoms with E-state index in [9.17, 15) is 4.79 Å². The minimum atomic E-state index is 0.0619. The lowest BCUT2D eigenvalue weighted by Gasteiger charge is -2.15. The summed E-state index contributed by atoms with van der Waals surface area (Å²) in [4.78, 5) is 11.2. The molecule has 0 saturated carbocycles. The van der Waals surface area contributed by atoms with E-state index in [2.05, 4.69) is 5.32 Å². The first-order chi connectivity index (χ1) is 6.38. The Kier molecular flexibility index (Phi) is 3.50. The van der Waals surface area contributed by atoms with Gasteiger partial charge in [0.15, 0.2) is 0 Å². The topological polar surface area (TPSA) is 29.1 Å². The molecule has 0 aromatic heterocycles. The zero-order valence-corrected chi connectivity index (χ0v) is 8.13. The Morgan fingerprint density at radius 3 is 2.62 bits per heavy atom. The number of hydrogen-bond acceptors (Lipinski definition) is 1. The highest BCUT2D eigenvalue weighted by molar-refractivity contribution is 5.96. The molecule has 2 rings (SSSR count). The van der Waals surface area contributed by atoms with Crippen molar-refractivity contribution in [3.05, 3.63) is 35.4 Å². The summed E-state index contributed by atoms with van der Waals surface area (Å²) in [7, 11) is 0. The Bertz CT molecular complexity index is 294. The predicted octanol–water partition coefficient (Wildman–Crippen LogP) is 2.00. The van der Waals surface area contributed by atoms with Crippen molar-refractivity contribution in [3.63, 3.8) is 0 Å². The molecule has 0 radical (unpaired) electrons. The second-order valence-corrected chi connectivity index (χ2v) is 2.66. The van der Waals surface area contributed by atoms with Crippen molar-refractivity contribution < 1.29 is 4.79 Å². The van der Waals surface area contributed by atoms with Gasteiger partial charge in [0.25, 0.3) is 5.91 Å². The van der Waals surface area contributed by atoms with Crippen molar-refractivity contribution in [2.45, 2.75) is 20.3 Å². The van der Waals surface area contributed by atoms with E-state index < -0.39 is 0 Å². The average Bonchev–Trinajstić information content (AvgIpc) is 2.22. The summed E-state index contributed by atoms with van der Waals surface area (Å²) < 4.78 is 0. The van der Waals surface area contributed by atoms with Crippen LogP contribution in [0.4, 0.5) is 0 Å². The lowest BCUT2D eigenvalue weighted by atomic mass is 10.0. The number of rotatable bonds is 0. The van der Waals surface area contributed by atoms with Gasteiger partial charge in [-0.15, -0.1) is 0 Å². The van der Waals surface area contributed by atoms with Crippen LogP contribution in [0.15, 0.2) is 24.3 Å². The molecule has 0 bridgehead atoms. The molecule has 0 unspecified atom stereocenters. The zero-order chi connectivity index (χ0) is 9.68. The SMILES string of the molecule is CC.O=C1NCCc2ccccc21. The van der Waals surface area contributed by atoms with Crippen molar-refractivity contribution in [1.82, 2.24) is 5.32 Å². The Balaban J connectivity index is 0.000000396. The van der Waals surface area contributed by atoms with E-state index >= 15 is 0 Å². The second-order valence-electron chi connectivity index (χ2n) is 2.66. The van der Waals surface area contributed by atoms with Gasteiger partial charge in [-0.3, -0.25) is 4.79 Å². The van der Waals surface area contributed by atoms with E-state index in [1.54, 1.807) is 0 Å². The molecule has 1 aromatic rings. The summed E-state index contributed by atoms with van der Waals surface area (Å²) in [5, 5.41) is 2.80. The summed E-state index contributed by atoms with van der Waals surface area (Å²) >= 11 is 0. The van der Waals surface area contributed by atoms with Gasteiger partial charge < -0.3 is 5.32 Å². The third-order valence-electron chi connectivity index (χ3n) is 1.94. The number of carbonyl (C=O) groups excluding carboxylic acids is 1. The molecular formula is C11H15NO. The van der Waals surface area contributed by atoms with E-state index in [-0.39, 0.29) is 5.91 Å². The molecule has 1 aliphatic heterocycles. The van der Waals surface area contributed by atoms with Crippen molar-refractivity contribution >= 4 is 5.91 Å². The van der Waals surface area contributed by atoms with Gasteiger partial charge in [0.1, 0.15) is 0 Å². The number of carbonyl (C=O) groups is 1. The zero-order valence-electron chi connectivity index (χ0n) is 8.13. The molecule has 1 aliphatic rings. The fraction of sp³-hybridized carbons (Fsp3) is 0.364. The quantitative estimate of drug-likeness (QED) is 0.645. The highest BCUT2D eigenvalue weighted by Gasteiger charge is 2.14. The van der Waals surface area contributed by atoms with Gasteiger partial charge in [0.05, 0.1) is 0 Å². The summed E-state index contributed by atoms with van der Waals surface area (Å²) in [6.45, 7) is 4.77. The van der Waals surface area contributed by atoms with Gasteiger partial charge in [0.2, 0.25) is 0 Å². The van der Waals surface area contributed by atoms with Crippen molar-refractivity contribution in [2.75, 3.05) is 6.54 Å². The van der Waals surface area contributed by atoms with Gasteiger partial charge in [-0.1, -0.05) is 32.0 Å². The monoisotopic (exact) mass is 177 g/mol. The molecule has 1 aromatic carbocycles. The first-order valence-corrected chi connectivity index (χ1v) is 4.74. The van der Waals surface area contributed by atoms with Crippen LogP contribution in [0.2, 0.25) is 0 Å². The van der Waals surface area contributed by atoms with Gasteiger partial charge in [-0.2, -0.15) is 0 Å². The third-order valence-corrected chi connectivity index (χ3v) is 1.94.